The average molecular weight is 418 g/mol. The Kier molecular flexibility index (Phi) is 6.07. The van der Waals surface area contributed by atoms with Gasteiger partial charge in [0, 0.05) is 11.0 Å². The molecule has 2 N–H and O–H groups in total. The Balaban J connectivity index is 2.02. The van der Waals surface area contributed by atoms with Gasteiger partial charge in [-0.25, -0.2) is 0 Å². The van der Waals surface area contributed by atoms with Gasteiger partial charge in [0.25, 0.3) is 5.91 Å². The molecule has 0 aliphatic carbocycles. The molecule has 1 atom stereocenters. The van der Waals surface area contributed by atoms with Crippen molar-refractivity contribution >= 4 is 21.8 Å². The summed E-state index contributed by atoms with van der Waals surface area (Å²) in [5.41, 5.74) is -0.204. The fourth-order valence-corrected chi connectivity index (χ4v) is 2.53. The molecule has 4 nitrogen and oxygen atoms in total. The van der Waals surface area contributed by atoms with E-state index in [0.29, 0.717) is 15.8 Å². The number of nitrogens with one attached hydrogen (secondary N) is 1. The number of hydrogen-bond donors (Lipinski definition) is 2. The molecule has 0 aliphatic rings. The fraction of sp³-hybridized carbons (Fsp3) is 0.235. The Morgan fingerprint density at radius 3 is 2.44 bits per heavy atom. The SMILES string of the molecule is COc1ccc(Br)c(C(=O)NCC(O)c2ccc(C(F)(F)F)cc2)c1. The number of aliphatic hydroxyl groups excluding tert-OH is 1. The van der Waals surface area contributed by atoms with Gasteiger partial charge in [0.1, 0.15) is 5.75 Å². The molecule has 0 aromatic heterocycles. The fourth-order valence-electron chi connectivity index (χ4n) is 2.10. The molecule has 0 fully saturated rings. The molecule has 0 heterocycles. The second-order valence-electron chi connectivity index (χ2n) is 5.19. The van der Waals surface area contributed by atoms with Gasteiger partial charge in [-0.05, 0) is 51.8 Å². The molecular weight excluding hydrogens is 403 g/mol. The van der Waals surface area contributed by atoms with Crippen LogP contribution < -0.4 is 10.1 Å². The van der Waals surface area contributed by atoms with E-state index in [4.69, 9.17) is 4.74 Å². The Morgan fingerprint density at radius 1 is 1.24 bits per heavy atom. The van der Waals surface area contributed by atoms with Crippen molar-refractivity contribution < 1.29 is 27.8 Å². The van der Waals surface area contributed by atoms with Crippen molar-refractivity contribution in [3.8, 4) is 5.75 Å². The Bertz CT molecular complexity index is 748. The van der Waals surface area contributed by atoms with Gasteiger partial charge in [-0.15, -0.1) is 0 Å². The summed E-state index contributed by atoms with van der Waals surface area (Å²) < 4.78 is 43.2. The number of methoxy groups -OCH3 is 1. The maximum atomic E-state index is 12.5. The molecular formula is C17H15BrF3NO3. The van der Waals surface area contributed by atoms with E-state index in [0.717, 1.165) is 12.1 Å². The van der Waals surface area contributed by atoms with Crippen LogP contribution in [0, 0.1) is 0 Å². The number of carbonyl (C=O) groups is 1. The molecule has 0 bridgehead atoms. The molecule has 0 spiro atoms. The average Bonchev–Trinajstić information content (AvgIpc) is 2.59. The summed E-state index contributed by atoms with van der Waals surface area (Å²) in [6, 6.07) is 9.00. The normalized spacial score (nSPS) is 12.6. The third kappa shape index (κ3) is 4.96. The van der Waals surface area contributed by atoms with Crippen LogP contribution in [0.2, 0.25) is 0 Å². The molecule has 2 aromatic carbocycles. The van der Waals surface area contributed by atoms with E-state index in [-0.39, 0.29) is 12.1 Å². The summed E-state index contributed by atoms with van der Waals surface area (Å²) in [5, 5.41) is 12.6. The van der Waals surface area contributed by atoms with Crippen LogP contribution in [0.15, 0.2) is 46.9 Å². The van der Waals surface area contributed by atoms with Gasteiger partial charge in [0.2, 0.25) is 0 Å². The van der Waals surface area contributed by atoms with Gasteiger partial charge in [0.05, 0.1) is 24.3 Å². The topological polar surface area (TPSA) is 58.6 Å². The Labute approximate surface area is 150 Å². The van der Waals surface area contributed by atoms with Crippen LogP contribution in [0.4, 0.5) is 13.2 Å². The van der Waals surface area contributed by atoms with Crippen molar-refractivity contribution in [1.29, 1.82) is 0 Å². The van der Waals surface area contributed by atoms with Crippen LogP contribution in [-0.4, -0.2) is 24.7 Å². The summed E-state index contributed by atoms with van der Waals surface area (Å²) in [5.74, 6) is 0.0494. The maximum absolute atomic E-state index is 12.5. The third-order valence-corrected chi connectivity index (χ3v) is 4.19. The molecule has 134 valence electrons. The smallest absolute Gasteiger partial charge is 0.416 e. The lowest BCUT2D eigenvalue weighted by atomic mass is 10.1. The number of rotatable bonds is 5. The molecule has 0 aliphatic heterocycles. The van der Waals surface area contributed by atoms with Gasteiger partial charge in [0.15, 0.2) is 0 Å². The quantitative estimate of drug-likeness (QED) is 0.774. The second kappa shape index (κ2) is 7.88. The third-order valence-electron chi connectivity index (χ3n) is 3.50. The van der Waals surface area contributed by atoms with E-state index in [1.54, 1.807) is 12.1 Å². The highest BCUT2D eigenvalue weighted by Crippen LogP contribution is 2.30. The number of benzene rings is 2. The summed E-state index contributed by atoms with van der Waals surface area (Å²) in [6.07, 6.45) is -5.56. The summed E-state index contributed by atoms with van der Waals surface area (Å²) in [6.45, 7) is -0.145. The maximum Gasteiger partial charge on any atom is 0.416 e. The van der Waals surface area contributed by atoms with Crippen molar-refractivity contribution in [2.75, 3.05) is 13.7 Å². The number of hydrogen-bond acceptors (Lipinski definition) is 3. The van der Waals surface area contributed by atoms with E-state index in [1.807, 2.05) is 0 Å². The van der Waals surface area contributed by atoms with Crippen molar-refractivity contribution in [3.05, 3.63) is 63.6 Å². The zero-order valence-corrected chi connectivity index (χ0v) is 14.7. The zero-order valence-electron chi connectivity index (χ0n) is 13.1. The molecule has 2 rings (SSSR count). The molecule has 8 heteroatoms. The largest absolute Gasteiger partial charge is 0.497 e. The Hall–Kier alpha value is -2.06. The van der Waals surface area contributed by atoms with Crippen molar-refractivity contribution in [2.24, 2.45) is 0 Å². The molecule has 0 saturated heterocycles. The number of aliphatic hydroxyl groups is 1. The molecule has 0 saturated carbocycles. The summed E-state index contributed by atoms with van der Waals surface area (Å²) in [4.78, 5) is 12.2. The lowest BCUT2D eigenvalue weighted by molar-refractivity contribution is -0.137. The van der Waals surface area contributed by atoms with E-state index in [2.05, 4.69) is 21.2 Å². The predicted molar refractivity (Wildman–Crippen MR) is 89.4 cm³/mol. The first-order valence-electron chi connectivity index (χ1n) is 7.19. The summed E-state index contributed by atoms with van der Waals surface area (Å²) >= 11 is 3.25. The molecule has 1 unspecified atom stereocenters. The second-order valence-corrected chi connectivity index (χ2v) is 6.05. The molecule has 25 heavy (non-hydrogen) atoms. The lowest BCUT2D eigenvalue weighted by Crippen LogP contribution is -2.28. The van der Waals surface area contributed by atoms with Crippen LogP contribution in [0.1, 0.15) is 27.6 Å². The van der Waals surface area contributed by atoms with E-state index in [9.17, 15) is 23.1 Å². The van der Waals surface area contributed by atoms with Crippen LogP contribution in [0.5, 0.6) is 5.75 Å². The number of amides is 1. The number of ether oxygens (including phenoxy) is 1. The van der Waals surface area contributed by atoms with Gasteiger partial charge in [-0.1, -0.05) is 12.1 Å². The van der Waals surface area contributed by atoms with E-state index >= 15 is 0 Å². The lowest BCUT2D eigenvalue weighted by Gasteiger charge is -2.14. The first-order valence-corrected chi connectivity index (χ1v) is 7.98. The van der Waals surface area contributed by atoms with Gasteiger partial charge in [-0.2, -0.15) is 13.2 Å². The number of carbonyl (C=O) groups excluding carboxylic acids is 1. The molecule has 0 radical (unpaired) electrons. The van der Waals surface area contributed by atoms with Crippen LogP contribution in [-0.2, 0) is 6.18 Å². The highest BCUT2D eigenvalue weighted by atomic mass is 79.9. The monoisotopic (exact) mass is 417 g/mol. The van der Waals surface area contributed by atoms with Crippen LogP contribution >= 0.6 is 15.9 Å². The first kappa shape index (κ1) is 19.3. The number of alkyl halides is 3. The van der Waals surface area contributed by atoms with Gasteiger partial charge in [-0.3, -0.25) is 4.79 Å². The molecule has 1 amide bonds. The van der Waals surface area contributed by atoms with Crippen molar-refractivity contribution in [3.63, 3.8) is 0 Å². The first-order chi connectivity index (χ1) is 11.7. The van der Waals surface area contributed by atoms with Crippen LogP contribution in [0.3, 0.4) is 0 Å². The van der Waals surface area contributed by atoms with Crippen molar-refractivity contribution in [2.45, 2.75) is 12.3 Å². The highest BCUT2D eigenvalue weighted by Gasteiger charge is 2.30. The predicted octanol–water partition coefficient (Wildman–Crippen LogP) is 3.94. The highest BCUT2D eigenvalue weighted by molar-refractivity contribution is 9.10. The number of halogens is 4. The minimum absolute atomic E-state index is 0.145. The standard InChI is InChI=1S/C17H15BrF3NO3/c1-25-12-6-7-14(18)13(8-12)16(24)22-9-15(23)10-2-4-11(5-3-10)17(19,20)21/h2-8,15,23H,9H2,1H3,(H,22,24). The Morgan fingerprint density at radius 2 is 1.88 bits per heavy atom. The zero-order chi connectivity index (χ0) is 18.6. The van der Waals surface area contributed by atoms with Crippen molar-refractivity contribution in [1.82, 2.24) is 5.32 Å². The summed E-state index contributed by atoms with van der Waals surface area (Å²) in [7, 11) is 1.47. The molecule has 2 aromatic rings. The van der Waals surface area contributed by atoms with E-state index in [1.165, 1.54) is 25.3 Å². The minimum atomic E-state index is -4.43. The van der Waals surface area contributed by atoms with Gasteiger partial charge < -0.3 is 15.2 Å². The van der Waals surface area contributed by atoms with Crippen LogP contribution in [0.25, 0.3) is 0 Å². The van der Waals surface area contributed by atoms with Gasteiger partial charge >= 0.3 is 6.18 Å². The van der Waals surface area contributed by atoms with E-state index < -0.39 is 23.8 Å². The minimum Gasteiger partial charge on any atom is -0.497 e.